The summed E-state index contributed by atoms with van der Waals surface area (Å²) < 4.78 is 1.16. The number of anilines is 1. The number of hydrogen-bond acceptors (Lipinski definition) is 5. The van der Waals surface area contributed by atoms with E-state index in [-0.39, 0.29) is 0 Å². The first-order valence-electron chi connectivity index (χ1n) is 6.09. The van der Waals surface area contributed by atoms with Gasteiger partial charge in [0, 0.05) is 15.6 Å². The molecule has 0 atom stereocenters. The maximum atomic E-state index is 9.02. The summed E-state index contributed by atoms with van der Waals surface area (Å²) in [7, 11) is 0. The first-order chi connectivity index (χ1) is 9.74. The van der Waals surface area contributed by atoms with Crippen molar-refractivity contribution in [3.8, 4) is 17.3 Å². The minimum atomic E-state index is 0.622. The Balaban J connectivity index is 2.30. The zero-order valence-electron chi connectivity index (χ0n) is 10.8. The lowest BCUT2D eigenvalue weighted by Crippen LogP contribution is -2.09. The van der Waals surface area contributed by atoms with Gasteiger partial charge in [-0.1, -0.05) is 12.1 Å². The second-order valence-electron chi connectivity index (χ2n) is 4.43. The molecular weight excluding hydrogens is 268 g/mol. The molecule has 3 N–H and O–H groups in total. The number of aryl methyl sites for hydroxylation is 1. The number of hydrazine groups is 1. The normalized spacial score (nSPS) is 10.4. The maximum absolute atomic E-state index is 9.02. The van der Waals surface area contributed by atoms with Gasteiger partial charge in [-0.25, -0.2) is 10.8 Å². The van der Waals surface area contributed by atoms with Crippen molar-refractivity contribution >= 4 is 27.2 Å². The Labute approximate surface area is 120 Å². The summed E-state index contributed by atoms with van der Waals surface area (Å²) in [5.74, 6) is 6.22. The molecule has 3 rings (SSSR count). The number of aromatic nitrogens is 1. The lowest BCUT2D eigenvalue weighted by atomic mass is 10.0. The first-order valence-corrected chi connectivity index (χ1v) is 6.97. The number of pyridine rings is 1. The molecule has 0 saturated heterocycles. The van der Waals surface area contributed by atoms with Crippen LogP contribution in [-0.2, 0) is 0 Å². The van der Waals surface area contributed by atoms with Crippen LogP contribution in [0.3, 0.4) is 0 Å². The number of nitriles is 1. The van der Waals surface area contributed by atoms with Crippen LogP contribution in [0.1, 0.15) is 11.1 Å². The number of benzene rings is 1. The van der Waals surface area contributed by atoms with Gasteiger partial charge in [0.05, 0.1) is 17.3 Å². The van der Waals surface area contributed by atoms with Crippen molar-refractivity contribution in [2.75, 3.05) is 5.43 Å². The average Bonchev–Trinajstić information content (AvgIpc) is 2.98. The van der Waals surface area contributed by atoms with E-state index in [4.69, 9.17) is 11.1 Å². The molecule has 2 aromatic heterocycles. The standard InChI is InChI=1S/C15H12N4S/c1-9-13(11-4-2-3-10(7-11)8-16)18-15(19-17)12-5-6-20-14(9)12/h2-7H,17H2,1H3,(H,18,19). The summed E-state index contributed by atoms with van der Waals surface area (Å²) in [6.07, 6.45) is 0. The van der Waals surface area contributed by atoms with Gasteiger partial charge >= 0.3 is 0 Å². The van der Waals surface area contributed by atoms with Crippen molar-refractivity contribution in [1.82, 2.24) is 4.98 Å². The van der Waals surface area contributed by atoms with E-state index in [1.165, 1.54) is 0 Å². The second-order valence-corrected chi connectivity index (χ2v) is 5.35. The molecular formula is C15H12N4S. The van der Waals surface area contributed by atoms with E-state index >= 15 is 0 Å². The Hall–Kier alpha value is -2.42. The number of fused-ring (bicyclic) bond motifs is 1. The maximum Gasteiger partial charge on any atom is 0.149 e. The fourth-order valence-electron chi connectivity index (χ4n) is 2.28. The molecule has 0 unspecified atom stereocenters. The Morgan fingerprint density at radius 3 is 2.95 bits per heavy atom. The minimum absolute atomic E-state index is 0.622. The molecule has 3 aromatic rings. The topological polar surface area (TPSA) is 74.7 Å². The van der Waals surface area contributed by atoms with Crippen LogP contribution in [0.5, 0.6) is 0 Å². The predicted octanol–water partition coefficient (Wildman–Crippen LogP) is 3.43. The lowest BCUT2D eigenvalue weighted by Gasteiger charge is -2.10. The summed E-state index contributed by atoms with van der Waals surface area (Å²) in [5.41, 5.74) is 6.15. The number of rotatable bonds is 2. The number of nitrogens with two attached hydrogens (primary N) is 1. The zero-order valence-corrected chi connectivity index (χ0v) is 11.7. The Kier molecular flexibility index (Phi) is 3.11. The van der Waals surface area contributed by atoms with Crippen molar-refractivity contribution in [3.63, 3.8) is 0 Å². The Bertz CT molecular complexity index is 829. The van der Waals surface area contributed by atoms with E-state index in [9.17, 15) is 0 Å². The SMILES string of the molecule is Cc1c(-c2cccc(C#N)c2)nc(NN)c2ccsc12. The van der Waals surface area contributed by atoms with Crippen LogP contribution in [0.25, 0.3) is 21.3 Å². The van der Waals surface area contributed by atoms with Crippen LogP contribution in [-0.4, -0.2) is 4.98 Å². The van der Waals surface area contributed by atoms with Crippen LogP contribution in [0, 0.1) is 18.3 Å². The smallest absolute Gasteiger partial charge is 0.149 e. The molecule has 0 spiro atoms. The molecule has 0 amide bonds. The Morgan fingerprint density at radius 2 is 2.20 bits per heavy atom. The summed E-state index contributed by atoms with van der Waals surface area (Å²) in [6.45, 7) is 2.04. The van der Waals surface area contributed by atoms with E-state index in [0.717, 1.165) is 26.9 Å². The van der Waals surface area contributed by atoms with Gasteiger partial charge in [-0.3, -0.25) is 0 Å². The quantitative estimate of drug-likeness (QED) is 0.557. The van der Waals surface area contributed by atoms with Gasteiger partial charge in [0.1, 0.15) is 5.82 Å². The van der Waals surface area contributed by atoms with E-state index in [2.05, 4.69) is 16.5 Å². The van der Waals surface area contributed by atoms with Gasteiger partial charge in [-0.2, -0.15) is 5.26 Å². The number of nitrogens with zero attached hydrogens (tertiary/aromatic N) is 2. The summed E-state index contributed by atoms with van der Waals surface area (Å²) in [5, 5.41) is 12.1. The second kappa shape index (κ2) is 4.93. The summed E-state index contributed by atoms with van der Waals surface area (Å²) in [6, 6.07) is 11.6. The van der Waals surface area contributed by atoms with Crippen molar-refractivity contribution in [1.29, 1.82) is 5.26 Å². The van der Waals surface area contributed by atoms with Crippen LogP contribution >= 0.6 is 11.3 Å². The van der Waals surface area contributed by atoms with Crippen molar-refractivity contribution in [2.24, 2.45) is 5.84 Å². The highest BCUT2D eigenvalue weighted by Gasteiger charge is 2.13. The number of thiophene rings is 1. The lowest BCUT2D eigenvalue weighted by molar-refractivity contribution is 1.24. The van der Waals surface area contributed by atoms with Gasteiger partial charge in [0.2, 0.25) is 0 Å². The summed E-state index contributed by atoms with van der Waals surface area (Å²) >= 11 is 1.66. The molecule has 98 valence electrons. The summed E-state index contributed by atoms with van der Waals surface area (Å²) in [4.78, 5) is 4.60. The molecule has 0 bridgehead atoms. The van der Waals surface area contributed by atoms with Crippen molar-refractivity contribution in [3.05, 3.63) is 46.8 Å². The largest absolute Gasteiger partial charge is 0.308 e. The third-order valence-electron chi connectivity index (χ3n) is 3.24. The van der Waals surface area contributed by atoms with Crippen LogP contribution in [0.4, 0.5) is 5.82 Å². The van der Waals surface area contributed by atoms with Gasteiger partial charge in [0.25, 0.3) is 0 Å². The highest BCUT2D eigenvalue weighted by molar-refractivity contribution is 7.17. The van der Waals surface area contributed by atoms with Crippen LogP contribution in [0.15, 0.2) is 35.7 Å². The number of hydrogen-bond donors (Lipinski definition) is 2. The predicted molar refractivity (Wildman–Crippen MR) is 82.3 cm³/mol. The molecule has 0 aliphatic rings. The van der Waals surface area contributed by atoms with Crippen molar-refractivity contribution < 1.29 is 0 Å². The minimum Gasteiger partial charge on any atom is -0.308 e. The zero-order chi connectivity index (χ0) is 14.1. The average molecular weight is 280 g/mol. The third-order valence-corrected chi connectivity index (χ3v) is 4.28. The Morgan fingerprint density at radius 1 is 1.35 bits per heavy atom. The van der Waals surface area contributed by atoms with E-state index in [0.29, 0.717) is 11.4 Å². The molecule has 0 aliphatic carbocycles. The van der Waals surface area contributed by atoms with Crippen molar-refractivity contribution in [2.45, 2.75) is 6.92 Å². The van der Waals surface area contributed by atoms with E-state index in [1.807, 2.05) is 36.6 Å². The number of nitrogen functional groups attached to an aromatic ring is 1. The molecule has 1 aromatic carbocycles. The molecule has 0 aliphatic heterocycles. The molecule has 0 radical (unpaired) electrons. The van der Waals surface area contributed by atoms with Crippen LogP contribution < -0.4 is 11.3 Å². The highest BCUT2D eigenvalue weighted by atomic mass is 32.1. The van der Waals surface area contributed by atoms with Gasteiger partial charge < -0.3 is 5.43 Å². The van der Waals surface area contributed by atoms with E-state index in [1.54, 1.807) is 17.4 Å². The van der Waals surface area contributed by atoms with E-state index < -0.39 is 0 Å². The fourth-order valence-corrected chi connectivity index (χ4v) is 3.18. The molecule has 2 heterocycles. The monoisotopic (exact) mass is 280 g/mol. The molecule has 4 nitrogen and oxygen atoms in total. The molecule has 0 saturated carbocycles. The molecule has 5 heteroatoms. The highest BCUT2D eigenvalue weighted by Crippen LogP contribution is 2.35. The van der Waals surface area contributed by atoms with Crippen LogP contribution in [0.2, 0.25) is 0 Å². The number of nitrogens with one attached hydrogen (secondary N) is 1. The molecule has 0 fully saturated rings. The third kappa shape index (κ3) is 1.92. The van der Waals surface area contributed by atoms with Gasteiger partial charge in [0.15, 0.2) is 0 Å². The first kappa shape index (κ1) is 12.6. The fraction of sp³-hybridized carbons (Fsp3) is 0.0667. The van der Waals surface area contributed by atoms with Gasteiger partial charge in [-0.05, 0) is 36.1 Å². The molecule has 20 heavy (non-hydrogen) atoms. The van der Waals surface area contributed by atoms with Gasteiger partial charge in [-0.15, -0.1) is 11.3 Å².